The van der Waals surface area contributed by atoms with Crippen LogP contribution in [0.1, 0.15) is 25.3 Å². The van der Waals surface area contributed by atoms with Gasteiger partial charge in [-0.05, 0) is 41.8 Å². The third-order valence-electron chi connectivity index (χ3n) is 4.05. The molecule has 0 spiro atoms. The SMILES string of the molecule is COc1ccc(-c2nnc(SCC#N)n2-c2ccccc2C(C)C)cc1. The van der Waals surface area contributed by atoms with E-state index in [1.54, 1.807) is 7.11 Å². The van der Waals surface area contributed by atoms with Crippen molar-refractivity contribution in [2.24, 2.45) is 0 Å². The van der Waals surface area contributed by atoms with Crippen molar-refractivity contribution in [2.45, 2.75) is 24.9 Å². The van der Waals surface area contributed by atoms with Gasteiger partial charge in [-0.3, -0.25) is 4.57 Å². The molecule has 0 aliphatic rings. The highest BCUT2D eigenvalue weighted by Gasteiger charge is 2.19. The summed E-state index contributed by atoms with van der Waals surface area (Å²) in [5, 5.41) is 18.4. The Balaban J connectivity index is 2.18. The van der Waals surface area contributed by atoms with Crippen LogP contribution >= 0.6 is 11.8 Å². The lowest BCUT2D eigenvalue weighted by Crippen LogP contribution is -2.05. The summed E-state index contributed by atoms with van der Waals surface area (Å²) in [6.07, 6.45) is 0. The van der Waals surface area contributed by atoms with Gasteiger partial charge in [0.15, 0.2) is 11.0 Å². The number of ether oxygens (including phenoxy) is 1. The smallest absolute Gasteiger partial charge is 0.197 e. The maximum Gasteiger partial charge on any atom is 0.197 e. The maximum absolute atomic E-state index is 8.97. The monoisotopic (exact) mass is 364 g/mol. The Morgan fingerprint density at radius 3 is 2.50 bits per heavy atom. The number of nitriles is 1. The summed E-state index contributed by atoms with van der Waals surface area (Å²) >= 11 is 1.39. The molecule has 1 aromatic heterocycles. The van der Waals surface area contributed by atoms with Crippen molar-refractivity contribution in [1.82, 2.24) is 14.8 Å². The summed E-state index contributed by atoms with van der Waals surface area (Å²) in [5.74, 6) is 2.22. The van der Waals surface area contributed by atoms with E-state index in [9.17, 15) is 0 Å². The standard InChI is InChI=1S/C20H20N4OS/c1-14(2)17-6-4-5-7-18(17)24-19(22-23-20(24)26-13-12-21)15-8-10-16(25-3)11-9-15/h4-11,14H,13H2,1-3H3. The van der Waals surface area contributed by atoms with Crippen LogP contribution in [0.2, 0.25) is 0 Å². The predicted octanol–water partition coefficient (Wildman–Crippen LogP) is 4.68. The maximum atomic E-state index is 8.97. The lowest BCUT2D eigenvalue weighted by atomic mass is 10.0. The molecule has 0 saturated heterocycles. The molecule has 0 atom stereocenters. The first kappa shape index (κ1) is 18.0. The highest BCUT2D eigenvalue weighted by molar-refractivity contribution is 7.99. The number of hydrogen-bond donors (Lipinski definition) is 0. The molecule has 0 N–H and O–H groups in total. The van der Waals surface area contributed by atoms with E-state index in [0.717, 1.165) is 22.8 Å². The average molecular weight is 364 g/mol. The topological polar surface area (TPSA) is 63.7 Å². The average Bonchev–Trinajstić information content (AvgIpc) is 3.10. The van der Waals surface area contributed by atoms with Crippen LogP contribution in [-0.4, -0.2) is 27.6 Å². The zero-order chi connectivity index (χ0) is 18.5. The van der Waals surface area contributed by atoms with Gasteiger partial charge in [-0.2, -0.15) is 5.26 Å². The minimum atomic E-state index is 0.324. The van der Waals surface area contributed by atoms with E-state index in [-0.39, 0.29) is 0 Å². The molecule has 132 valence electrons. The van der Waals surface area contributed by atoms with Crippen LogP contribution in [0.5, 0.6) is 5.75 Å². The molecule has 1 heterocycles. The van der Waals surface area contributed by atoms with Gasteiger partial charge in [-0.25, -0.2) is 0 Å². The minimum Gasteiger partial charge on any atom is -0.497 e. The second-order valence-corrected chi connectivity index (χ2v) is 6.97. The highest BCUT2D eigenvalue weighted by atomic mass is 32.2. The van der Waals surface area contributed by atoms with Crippen molar-refractivity contribution < 1.29 is 4.74 Å². The number of nitrogens with zero attached hydrogens (tertiary/aromatic N) is 4. The Morgan fingerprint density at radius 1 is 1.12 bits per heavy atom. The van der Waals surface area contributed by atoms with E-state index in [1.165, 1.54) is 17.3 Å². The summed E-state index contributed by atoms with van der Waals surface area (Å²) in [5.41, 5.74) is 3.19. The molecule has 0 amide bonds. The van der Waals surface area contributed by atoms with E-state index in [0.29, 0.717) is 16.8 Å². The normalized spacial score (nSPS) is 10.7. The van der Waals surface area contributed by atoms with Crippen LogP contribution in [-0.2, 0) is 0 Å². The first-order chi connectivity index (χ1) is 12.7. The third kappa shape index (κ3) is 3.58. The summed E-state index contributed by atoms with van der Waals surface area (Å²) in [4.78, 5) is 0. The zero-order valence-electron chi connectivity index (χ0n) is 15.0. The molecule has 0 saturated carbocycles. The third-order valence-corrected chi connectivity index (χ3v) is 4.84. The molecule has 2 aromatic carbocycles. The van der Waals surface area contributed by atoms with Crippen molar-refractivity contribution in [2.75, 3.05) is 12.9 Å². The molecule has 5 nitrogen and oxygen atoms in total. The van der Waals surface area contributed by atoms with Crippen molar-refractivity contribution in [1.29, 1.82) is 5.26 Å². The lowest BCUT2D eigenvalue weighted by Gasteiger charge is -2.16. The van der Waals surface area contributed by atoms with E-state index >= 15 is 0 Å². The molecule has 0 aliphatic heterocycles. The zero-order valence-corrected chi connectivity index (χ0v) is 15.8. The Bertz CT molecular complexity index is 926. The molecule has 3 aromatic rings. The summed E-state index contributed by atoms with van der Waals surface area (Å²) in [6, 6.07) is 18.2. The van der Waals surface area contributed by atoms with Gasteiger partial charge in [0.05, 0.1) is 24.6 Å². The van der Waals surface area contributed by atoms with Gasteiger partial charge < -0.3 is 4.74 Å². The fourth-order valence-electron chi connectivity index (χ4n) is 2.78. The summed E-state index contributed by atoms with van der Waals surface area (Å²) in [7, 11) is 1.65. The molecule has 26 heavy (non-hydrogen) atoms. The fourth-order valence-corrected chi connectivity index (χ4v) is 3.39. The van der Waals surface area contributed by atoms with Gasteiger partial charge in [0.1, 0.15) is 5.75 Å². The fraction of sp³-hybridized carbons (Fsp3) is 0.250. The number of hydrogen-bond acceptors (Lipinski definition) is 5. The molecule has 0 radical (unpaired) electrons. The molecular formula is C20H20N4OS. The molecule has 0 aliphatic carbocycles. The van der Waals surface area contributed by atoms with Crippen LogP contribution in [0.25, 0.3) is 17.1 Å². The second kappa shape index (κ2) is 8.07. The lowest BCUT2D eigenvalue weighted by molar-refractivity contribution is 0.415. The van der Waals surface area contributed by atoms with E-state index in [4.69, 9.17) is 10.00 Å². The van der Waals surface area contributed by atoms with Crippen LogP contribution in [0.15, 0.2) is 53.7 Å². The van der Waals surface area contributed by atoms with Gasteiger partial charge >= 0.3 is 0 Å². The molecular weight excluding hydrogens is 344 g/mol. The Labute approximate surface area is 157 Å². The second-order valence-electron chi connectivity index (χ2n) is 6.03. The Morgan fingerprint density at radius 2 is 1.85 bits per heavy atom. The van der Waals surface area contributed by atoms with Crippen LogP contribution in [0.3, 0.4) is 0 Å². The number of thioether (sulfide) groups is 1. The van der Waals surface area contributed by atoms with Gasteiger partial charge in [0.25, 0.3) is 0 Å². The molecule has 0 bridgehead atoms. The summed E-state index contributed by atoms with van der Waals surface area (Å²) < 4.78 is 7.29. The van der Waals surface area contributed by atoms with Crippen molar-refractivity contribution in [3.63, 3.8) is 0 Å². The predicted molar refractivity (Wildman–Crippen MR) is 104 cm³/mol. The van der Waals surface area contributed by atoms with Crippen LogP contribution in [0, 0.1) is 11.3 Å². The first-order valence-corrected chi connectivity index (χ1v) is 9.33. The minimum absolute atomic E-state index is 0.324. The van der Waals surface area contributed by atoms with E-state index < -0.39 is 0 Å². The quantitative estimate of drug-likeness (QED) is 0.594. The van der Waals surface area contributed by atoms with Crippen LogP contribution in [0.4, 0.5) is 0 Å². The summed E-state index contributed by atoms with van der Waals surface area (Å²) in [6.45, 7) is 4.33. The van der Waals surface area contributed by atoms with Crippen molar-refractivity contribution in [3.8, 4) is 28.9 Å². The number of methoxy groups -OCH3 is 1. The largest absolute Gasteiger partial charge is 0.497 e. The molecule has 6 heteroatoms. The van der Waals surface area contributed by atoms with Gasteiger partial charge in [-0.15, -0.1) is 10.2 Å². The Kier molecular flexibility index (Phi) is 5.59. The number of para-hydroxylation sites is 1. The van der Waals surface area contributed by atoms with Crippen molar-refractivity contribution >= 4 is 11.8 Å². The molecule has 0 fully saturated rings. The van der Waals surface area contributed by atoms with E-state index in [2.05, 4.69) is 42.2 Å². The number of rotatable bonds is 6. The van der Waals surface area contributed by atoms with E-state index in [1.807, 2.05) is 41.0 Å². The molecule has 0 unspecified atom stereocenters. The van der Waals surface area contributed by atoms with Crippen molar-refractivity contribution in [3.05, 3.63) is 54.1 Å². The molecule has 3 rings (SSSR count). The number of benzene rings is 2. The highest BCUT2D eigenvalue weighted by Crippen LogP contribution is 2.32. The number of aromatic nitrogens is 3. The van der Waals surface area contributed by atoms with Gasteiger partial charge in [-0.1, -0.05) is 43.8 Å². The van der Waals surface area contributed by atoms with Gasteiger partial charge in [0.2, 0.25) is 0 Å². The Hall–Kier alpha value is -2.78. The van der Waals surface area contributed by atoms with Gasteiger partial charge in [0, 0.05) is 5.56 Å². The van der Waals surface area contributed by atoms with Crippen LogP contribution < -0.4 is 4.74 Å². The first-order valence-electron chi connectivity index (χ1n) is 8.34.